The minimum Gasteiger partial charge on any atom is -0.387 e. The molecule has 3 nitrogen and oxygen atoms in total. The maximum Gasteiger partial charge on any atom is 0.0946 e. The first-order valence-electron chi connectivity index (χ1n) is 5.07. The van der Waals surface area contributed by atoms with Gasteiger partial charge in [0.25, 0.3) is 0 Å². The van der Waals surface area contributed by atoms with Gasteiger partial charge in [-0.05, 0) is 44.1 Å². The lowest BCUT2D eigenvalue weighted by molar-refractivity contribution is 0.0856. The first kappa shape index (κ1) is 9.62. The zero-order valence-electron chi connectivity index (χ0n) is 8.43. The Kier molecular flexibility index (Phi) is 2.79. The molecule has 0 bridgehead atoms. The van der Waals surface area contributed by atoms with Gasteiger partial charge in [0.15, 0.2) is 0 Å². The van der Waals surface area contributed by atoms with E-state index in [1.807, 2.05) is 12.1 Å². The van der Waals surface area contributed by atoms with E-state index in [2.05, 4.69) is 16.9 Å². The zero-order valence-corrected chi connectivity index (χ0v) is 8.43. The Balaban J connectivity index is 2.12. The van der Waals surface area contributed by atoms with Crippen molar-refractivity contribution in [3.63, 3.8) is 0 Å². The summed E-state index contributed by atoms with van der Waals surface area (Å²) in [5.74, 6) is 0. The molecule has 1 unspecified atom stereocenters. The Labute approximate surface area is 84.4 Å². The van der Waals surface area contributed by atoms with Crippen molar-refractivity contribution in [3.05, 3.63) is 30.1 Å². The van der Waals surface area contributed by atoms with E-state index in [1.54, 1.807) is 12.4 Å². The molecule has 1 aliphatic rings. The second kappa shape index (κ2) is 4.07. The van der Waals surface area contributed by atoms with Crippen molar-refractivity contribution in [1.29, 1.82) is 0 Å². The SMILES string of the molecule is CN1CCC[C@@H]1C(O)c1ccncc1. The van der Waals surface area contributed by atoms with Gasteiger partial charge in [-0.2, -0.15) is 0 Å². The van der Waals surface area contributed by atoms with E-state index in [0.29, 0.717) is 0 Å². The van der Waals surface area contributed by atoms with Crippen LogP contribution in [0.15, 0.2) is 24.5 Å². The molecule has 0 aromatic carbocycles. The molecular weight excluding hydrogens is 176 g/mol. The molecular formula is C11H16N2O. The second-order valence-electron chi connectivity index (χ2n) is 3.92. The average Bonchev–Trinajstić information content (AvgIpc) is 2.65. The summed E-state index contributed by atoms with van der Waals surface area (Å²) in [6, 6.07) is 4.05. The molecule has 0 radical (unpaired) electrons. The third-order valence-corrected chi connectivity index (χ3v) is 2.99. The van der Waals surface area contributed by atoms with Gasteiger partial charge in [-0.15, -0.1) is 0 Å². The first-order chi connectivity index (χ1) is 6.79. The van der Waals surface area contributed by atoms with Gasteiger partial charge in [0.05, 0.1) is 6.10 Å². The Morgan fingerprint density at radius 1 is 1.50 bits per heavy atom. The standard InChI is InChI=1S/C11H16N2O/c1-13-8-2-3-10(13)11(14)9-4-6-12-7-5-9/h4-7,10-11,14H,2-3,8H2,1H3/t10-,11?/m1/s1. The van der Waals surface area contributed by atoms with Gasteiger partial charge in [0.1, 0.15) is 0 Å². The Morgan fingerprint density at radius 2 is 2.21 bits per heavy atom. The predicted molar refractivity (Wildman–Crippen MR) is 54.8 cm³/mol. The molecule has 1 aromatic rings. The first-order valence-corrected chi connectivity index (χ1v) is 5.07. The summed E-state index contributed by atoms with van der Waals surface area (Å²) in [5.41, 5.74) is 0.971. The fourth-order valence-electron chi connectivity index (χ4n) is 2.12. The van der Waals surface area contributed by atoms with Crippen LogP contribution in [0.25, 0.3) is 0 Å². The van der Waals surface area contributed by atoms with Crippen molar-refractivity contribution in [1.82, 2.24) is 9.88 Å². The lowest BCUT2D eigenvalue weighted by atomic mass is 10.0. The summed E-state index contributed by atoms with van der Waals surface area (Å²) in [5, 5.41) is 10.1. The Bertz CT molecular complexity index is 289. The second-order valence-corrected chi connectivity index (χ2v) is 3.92. The fourth-order valence-corrected chi connectivity index (χ4v) is 2.12. The number of hydrogen-bond donors (Lipinski definition) is 1. The van der Waals surface area contributed by atoms with Gasteiger partial charge >= 0.3 is 0 Å². The minimum absolute atomic E-state index is 0.275. The van der Waals surface area contributed by atoms with E-state index in [1.165, 1.54) is 6.42 Å². The molecule has 2 atom stereocenters. The number of aliphatic hydroxyl groups is 1. The predicted octanol–water partition coefficient (Wildman–Crippen LogP) is 1.21. The van der Waals surface area contributed by atoms with Crippen LogP contribution in [0.3, 0.4) is 0 Å². The van der Waals surface area contributed by atoms with Gasteiger partial charge in [0, 0.05) is 18.4 Å². The van der Waals surface area contributed by atoms with Gasteiger partial charge in [0.2, 0.25) is 0 Å². The van der Waals surface area contributed by atoms with Crippen molar-refractivity contribution >= 4 is 0 Å². The average molecular weight is 192 g/mol. The van der Waals surface area contributed by atoms with Crippen LogP contribution >= 0.6 is 0 Å². The van der Waals surface area contributed by atoms with E-state index in [9.17, 15) is 5.11 Å². The third kappa shape index (κ3) is 1.79. The van der Waals surface area contributed by atoms with Crippen molar-refractivity contribution in [3.8, 4) is 0 Å². The molecule has 1 saturated heterocycles. The van der Waals surface area contributed by atoms with Crippen LogP contribution in [-0.4, -0.2) is 34.6 Å². The lowest BCUT2D eigenvalue weighted by Gasteiger charge is -2.25. The van der Waals surface area contributed by atoms with Crippen LogP contribution in [0.5, 0.6) is 0 Å². The molecule has 76 valence electrons. The molecule has 3 heteroatoms. The number of nitrogens with zero attached hydrogens (tertiary/aromatic N) is 2. The molecule has 1 fully saturated rings. The molecule has 1 N–H and O–H groups in total. The third-order valence-electron chi connectivity index (χ3n) is 2.99. The van der Waals surface area contributed by atoms with Crippen LogP contribution in [0.4, 0.5) is 0 Å². The summed E-state index contributed by atoms with van der Waals surface area (Å²) in [7, 11) is 2.07. The monoisotopic (exact) mass is 192 g/mol. The van der Waals surface area contributed by atoms with Crippen molar-refractivity contribution in [2.45, 2.75) is 25.0 Å². The molecule has 14 heavy (non-hydrogen) atoms. The maximum absolute atomic E-state index is 10.1. The van der Waals surface area contributed by atoms with Crippen LogP contribution in [0.2, 0.25) is 0 Å². The summed E-state index contributed by atoms with van der Waals surface area (Å²) in [6.45, 7) is 1.09. The Morgan fingerprint density at radius 3 is 2.79 bits per heavy atom. The normalized spacial score (nSPS) is 25.1. The minimum atomic E-state index is -0.370. The van der Waals surface area contributed by atoms with E-state index in [4.69, 9.17) is 0 Å². The summed E-state index contributed by atoms with van der Waals surface area (Å²) in [4.78, 5) is 6.18. The van der Waals surface area contributed by atoms with E-state index in [0.717, 1.165) is 18.5 Å². The van der Waals surface area contributed by atoms with E-state index in [-0.39, 0.29) is 12.1 Å². The van der Waals surface area contributed by atoms with Crippen LogP contribution < -0.4 is 0 Å². The quantitative estimate of drug-likeness (QED) is 0.765. The lowest BCUT2D eigenvalue weighted by Crippen LogP contribution is -2.31. The van der Waals surface area contributed by atoms with Crippen molar-refractivity contribution in [2.24, 2.45) is 0 Å². The number of pyridine rings is 1. The zero-order chi connectivity index (χ0) is 9.97. The Hall–Kier alpha value is -0.930. The van der Waals surface area contributed by atoms with E-state index >= 15 is 0 Å². The topological polar surface area (TPSA) is 36.4 Å². The number of likely N-dealkylation sites (tertiary alicyclic amines) is 1. The highest BCUT2D eigenvalue weighted by molar-refractivity contribution is 5.15. The van der Waals surface area contributed by atoms with Crippen molar-refractivity contribution in [2.75, 3.05) is 13.6 Å². The highest BCUT2D eigenvalue weighted by Crippen LogP contribution is 2.27. The molecule has 0 aliphatic carbocycles. The van der Waals surface area contributed by atoms with Gasteiger partial charge in [-0.3, -0.25) is 4.98 Å². The number of rotatable bonds is 2. The number of hydrogen-bond acceptors (Lipinski definition) is 3. The smallest absolute Gasteiger partial charge is 0.0946 e. The van der Waals surface area contributed by atoms with Crippen LogP contribution in [-0.2, 0) is 0 Å². The maximum atomic E-state index is 10.1. The molecule has 1 aromatic heterocycles. The molecule has 0 saturated carbocycles. The number of likely N-dealkylation sites (N-methyl/N-ethyl adjacent to an activating group) is 1. The molecule has 2 heterocycles. The molecule has 2 rings (SSSR count). The molecule has 0 spiro atoms. The van der Waals surface area contributed by atoms with Crippen molar-refractivity contribution < 1.29 is 5.11 Å². The van der Waals surface area contributed by atoms with E-state index < -0.39 is 0 Å². The molecule has 1 aliphatic heterocycles. The largest absolute Gasteiger partial charge is 0.387 e. The summed E-state index contributed by atoms with van der Waals surface area (Å²) < 4.78 is 0. The van der Waals surface area contributed by atoms with Crippen LogP contribution in [0.1, 0.15) is 24.5 Å². The summed E-state index contributed by atoms with van der Waals surface area (Å²) >= 11 is 0. The number of aliphatic hydroxyl groups excluding tert-OH is 1. The van der Waals surface area contributed by atoms with Gasteiger partial charge in [-0.1, -0.05) is 0 Å². The fraction of sp³-hybridized carbons (Fsp3) is 0.545. The van der Waals surface area contributed by atoms with Gasteiger partial charge < -0.3 is 10.0 Å². The number of aromatic nitrogens is 1. The highest BCUT2D eigenvalue weighted by Gasteiger charge is 2.28. The highest BCUT2D eigenvalue weighted by atomic mass is 16.3. The summed E-state index contributed by atoms with van der Waals surface area (Å²) in [6.07, 6.45) is 5.36. The molecule has 0 amide bonds. The van der Waals surface area contributed by atoms with Gasteiger partial charge in [-0.25, -0.2) is 0 Å². The van der Waals surface area contributed by atoms with Crippen LogP contribution in [0, 0.1) is 0 Å².